The molecule has 0 spiro atoms. The van der Waals surface area contributed by atoms with E-state index in [2.05, 4.69) is 44.2 Å². The summed E-state index contributed by atoms with van der Waals surface area (Å²) >= 11 is 0. The summed E-state index contributed by atoms with van der Waals surface area (Å²) in [5.74, 6) is 2.09. The molecule has 3 aromatic heterocycles. The molecule has 0 radical (unpaired) electrons. The fraction of sp³-hybridized carbons (Fsp3) is 0.421. The summed E-state index contributed by atoms with van der Waals surface area (Å²) in [6.07, 6.45) is 3.35. The van der Waals surface area contributed by atoms with E-state index in [9.17, 15) is 5.11 Å². The van der Waals surface area contributed by atoms with E-state index in [0.29, 0.717) is 35.3 Å². The van der Waals surface area contributed by atoms with Crippen molar-refractivity contribution >= 4 is 0 Å². The Bertz CT molecular complexity index is 912. The van der Waals surface area contributed by atoms with Gasteiger partial charge in [-0.15, -0.1) is 0 Å². The summed E-state index contributed by atoms with van der Waals surface area (Å²) in [4.78, 5) is 13.1. The zero-order valence-corrected chi connectivity index (χ0v) is 16.4. The van der Waals surface area contributed by atoms with Crippen molar-refractivity contribution in [2.75, 3.05) is 13.7 Å². The second-order valence-corrected chi connectivity index (χ2v) is 6.61. The van der Waals surface area contributed by atoms with Crippen molar-refractivity contribution in [1.29, 1.82) is 0 Å². The van der Waals surface area contributed by atoms with Crippen molar-refractivity contribution in [3.05, 3.63) is 41.7 Å². The number of aromatic amines is 1. The third-order valence-corrected chi connectivity index (χ3v) is 4.70. The SMILES string of the molecule is COc1ccc([C@@H](C)[C@H](C)COc2nc(C)ncc2-c2n[nH]nc2CO)nc1. The number of aromatic nitrogens is 6. The average Bonchev–Trinajstić information content (AvgIpc) is 3.20. The molecule has 0 aliphatic carbocycles. The summed E-state index contributed by atoms with van der Waals surface area (Å²) in [7, 11) is 1.62. The van der Waals surface area contributed by atoms with Gasteiger partial charge in [0.2, 0.25) is 5.88 Å². The zero-order chi connectivity index (χ0) is 20.1. The summed E-state index contributed by atoms with van der Waals surface area (Å²) < 4.78 is 11.2. The number of hydrogen-bond donors (Lipinski definition) is 2. The Kier molecular flexibility index (Phi) is 6.15. The minimum atomic E-state index is -0.240. The molecule has 2 atom stereocenters. The Morgan fingerprint density at radius 3 is 2.64 bits per heavy atom. The molecule has 3 heterocycles. The predicted octanol–water partition coefficient (Wildman–Crippen LogP) is 2.28. The molecule has 9 nitrogen and oxygen atoms in total. The molecule has 0 aliphatic heterocycles. The molecular formula is C19H24N6O3. The van der Waals surface area contributed by atoms with Gasteiger partial charge in [-0.05, 0) is 25.0 Å². The van der Waals surface area contributed by atoms with Gasteiger partial charge in [0.15, 0.2) is 0 Å². The van der Waals surface area contributed by atoms with Gasteiger partial charge in [-0.3, -0.25) is 4.98 Å². The quantitative estimate of drug-likeness (QED) is 0.607. The van der Waals surface area contributed by atoms with Gasteiger partial charge in [-0.25, -0.2) is 4.98 Å². The summed E-state index contributed by atoms with van der Waals surface area (Å²) in [6.45, 7) is 6.19. The summed E-state index contributed by atoms with van der Waals surface area (Å²) in [5.41, 5.74) is 2.46. The number of aliphatic hydroxyl groups excluding tert-OH is 1. The number of aliphatic hydroxyl groups is 1. The Morgan fingerprint density at radius 2 is 1.96 bits per heavy atom. The molecule has 3 aromatic rings. The van der Waals surface area contributed by atoms with Gasteiger partial charge >= 0.3 is 0 Å². The van der Waals surface area contributed by atoms with Crippen LogP contribution in [-0.4, -0.2) is 49.2 Å². The molecule has 0 amide bonds. The van der Waals surface area contributed by atoms with Crippen LogP contribution >= 0.6 is 0 Å². The van der Waals surface area contributed by atoms with Crippen LogP contribution < -0.4 is 9.47 Å². The van der Waals surface area contributed by atoms with Crippen molar-refractivity contribution in [2.24, 2.45) is 5.92 Å². The average molecular weight is 384 g/mol. The number of methoxy groups -OCH3 is 1. The molecule has 0 aliphatic rings. The first-order valence-corrected chi connectivity index (χ1v) is 9.00. The lowest BCUT2D eigenvalue weighted by molar-refractivity contribution is 0.232. The van der Waals surface area contributed by atoms with Gasteiger partial charge in [0.05, 0.1) is 32.1 Å². The molecule has 9 heteroatoms. The normalized spacial score (nSPS) is 13.2. The van der Waals surface area contributed by atoms with Crippen molar-refractivity contribution in [1.82, 2.24) is 30.4 Å². The molecule has 3 rings (SSSR count). The van der Waals surface area contributed by atoms with E-state index < -0.39 is 0 Å². The molecule has 0 bridgehead atoms. The highest BCUT2D eigenvalue weighted by molar-refractivity contribution is 5.65. The first kappa shape index (κ1) is 19.7. The van der Waals surface area contributed by atoms with Crippen molar-refractivity contribution < 1.29 is 14.6 Å². The smallest absolute Gasteiger partial charge is 0.226 e. The number of nitrogens with one attached hydrogen (secondary N) is 1. The highest BCUT2D eigenvalue weighted by Gasteiger charge is 2.20. The number of ether oxygens (including phenoxy) is 2. The van der Waals surface area contributed by atoms with E-state index in [1.807, 2.05) is 12.1 Å². The second-order valence-electron chi connectivity index (χ2n) is 6.61. The maximum absolute atomic E-state index is 9.45. The monoisotopic (exact) mass is 384 g/mol. The molecule has 148 valence electrons. The van der Waals surface area contributed by atoms with Crippen LogP contribution in [0.3, 0.4) is 0 Å². The molecule has 28 heavy (non-hydrogen) atoms. The lowest BCUT2D eigenvalue weighted by Gasteiger charge is -2.20. The van der Waals surface area contributed by atoms with E-state index in [1.54, 1.807) is 26.4 Å². The fourth-order valence-electron chi connectivity index (χ4n) is 2.73. The van der Waals surface area contributed by atoms with Gasteiger partial charge in [0.25, 0.3) is 0 Å². The number of hydrogen-bond acceptors (Lipinski definition) is 8. The van der Waals surface area contributed by atoms with E-state index in [-0.39, 0.29) is 18.4 Å². The molecule has 0 saturated heterocycles. The van der Waals surface area contributed by atoms with Crippen LogP contribution in [0.5, 0.6) is 11.6 Å². The topological polar surface area (TPSA) is 119 Å². The van der Waals surface area contributed by atoms with Crippen LogP contribution in [0.2, 0.25) is 0 Å². The number of H-pyrrole nitrogens is 1. The third kappa shape index (κ3) is 4.25. The summed E-state index contributed by atoms with van der Waals surface area (Å²) in [5, 5.41) is 20.0. The lowest BCUT2D eigenvalue weighted by Crippen LogP contribution is -2.17. The minimum absolute atomic E-state index is 0.178. The number of nitrogens with zero attached hydrogens (tertiary/aromatic N) is 5. The van der Waals surface area contributed by atoms with Gasteiger partial charge in [0.1, 0.15) is 23.0 Å². The van der Waals surface area contributed by atoms with Crippen molar-refractivity contribution in [3.63, 3.8) is 0 Å². The van der Waals surface area contributed by atoms with Crippen molar-refractivity contribution in [2.45, 2.75) is 33.3 Å². The molecule has 0 unspecified atom stereocenters. The van der Waals surface area contributed by atoms with Crippen LogP contribution in [-0.2, 0) is 6.61 Å². The standard InChI is InChI=1S/C19H24N6O3/c1-11(12(2)16-6-5-14(27-4)7-21-16)10-28-19-15(8-20-13(3)22-19)18-17(9-26)23-25-24-18/h5-8,11-12,26H,9-10H2,1-4H3,(H,23,24,25)/t11-,12+/m1/s1. The number of pyridine rings is 1. The maximum Gasteiger partial charge on any atom is 0.226 e. The molecular weight excluding hydrogens is 360 g/mol. The van der Waals surface area contributed by atoms with E-state index >= 15 is 0 Å². The van der Waals surface area contributed by atoms with Crippen LogP contribution in [0, 0.1) is 12.8 Å². The predicted molar refractivity (Wildman–Crippen MR) is 102 cm³/mol. The zero-order valence-electron chi connectivity index (χ0n) is 16.4. The largest absolute Gasteiger partial charge is 0.495 e. The molecule has 0 saturated carbocycles. The van der Waals surface area contributed by atoms with Crippen LogP contribution in [0.1, 0.15) is 37.0 Å². The lowest BCUT2D eigenvalue weighted by atomic mass is 9.93. The van der Waals surface area contributed by atoms with E-state index in [0.717, 1.165) is 11.4 Å². The first-order valence-electron chi connectivity index (χ1n) is 9.00. The minimum Gasteiger partial charge on any atom is -0.495 e. The molecule has 0 fully saturated rings. The van der Waals surface area contributed by atoms with E-state index in [4.69, 9.17) is 9.47 Å². The van der Waals surface area contributed by atoms with Crippen LogP contribution in [0.4, 0.5) is 0 Å². The Labute approximate surface area is 163 Å². The number of rotatable bonds is 8. The van der Waals surface area contributed by atoms with Gasteiger partial charge in [-0.2, -0.15) is 20.4 Å². The second kappa shape index (κ2) is 8.75. The molecule has 0 aromatic carbocycles. The fourth-order valence-corrected chi connectivity index (χ4v) is 2.73. The highest BCUT2D eigenvalue weighted by Crippen LogP contribution is 2.30. The van der Waals surface area contributed by atoms with Crippen LogP contribution in [0.25, 0.3) is 11.3 Å². The van der Waals surface area contributed by atoms with Crippen molar-refractivity contribution in [3.8, 4) is 22.9 Å². The van der Waals surface area contributed by atoms with E-state index in [1.165, 1.54) is 0 Å². The van der Waals surface area contributed by atoms with Gasteiger partial charge in [-0.1, -0.05) is 13.8 Å². The maximum atomic E-state index is 9.45. The first-order chi connectivity index (χ1) is 13.5. The Hall–Kier alpha value is -3.07. The van der Waals surface area contributed by atoms with Gasteiger partial charge in [0, 0.05) is 17.8 Å². The number of aryl methyl sites for hydroxylation is 1. The van der Waals surface area contributed by atoms with Crippen LogP contribution in [0.15, 0.2) is 24.5 Å². The molecule has 2 N–H and O–H groups in total. The Morgan fingerprint density at radius 1 is 1.14 bits per heavy atom. The third-order valence-electron chi connectivity index (χ3n) is 4.70. The summed E-state index contributed by atoms with van der Waals surface area (Å²) in [6, 6.07) is 3.86. The van der Waals surface area contributed by atoms with Gasteiger partial charge < -0.3 is 14.6 Å². The Balaban J connectivity index is 1.75. The highest BCUT2D eigenvalue weighted by atomic mass is 16.5.